The summed E-state index contributed by atoms with van der Waals surface area (Å²) in [6.07, 6.45) is 1.33. The number of nitriles is 1. The molecule has 2 rings (SSSR count). The molecule has 0 aliphatic heterocycles. The molecule has 17 heavy (non-hydrogen) atoms. The molecule has 2 heterocycles. The molecule has 1 amide bonds. The van der Waals surface area contributed by atoms with Crippen molar-refractivity contribution in [2.45, 2.75) is 6.92 Å². The maximum Gasteiger partial charge on any atom is 0.276 e. The molecule has 0 aromatic carbocycles. The Hall–Kier alpha value is -2.68. The lowest BCUT2D eigenvalue weighted by Crippen LogP contribution is -2.13. The Morgan fingerprint density at radius 2 is 2.35 bits per heavy atom. The van der Waals surface area contributed by atoms with Crippen LogP contribution in [0.5, 0.6) is 0 Å². The van der Waals surface area contributed by atoms with Gasteiger partial charge in [0.2, 0.25) is 5.88 Å². The van der Waals surface area contributed by atoms with Crippen molar-refractivity contribution in [1.82, 2.24) is 10.1 Å². The highest BCUT2D eigenvalue weighted by Gasteiger charge is 2.10. The van der Waals surface area contributed by atoms with E-state index in [9.17, 15) is 4.79 Å². The lowest BCUT2D eigenvalue weighted by atomic mass is 10.2. The van der Waals surface area contributed by atoms with E-state index in [1.807, 2.05) is 6.07 Å². The standard InChI is InChI=1S/C11H8N4O2/c1-7-4-10(17-15-7)14-11(16)9-3-2-8(5-12)6-13-9/h2-4,6H,1H3,(H,14,16). The van der Waals surface area contributed by atoms with Crippen LogP contribution in [0.2, 0.25) is 0 Å². The van der Waals surface area contributed by atoms with Crippen molar-refractivity contribution < 1.29 is 9.32 Å². The van der Waals surface area contributed by atoms with Crippen LogP contribution in [0, 0.1) is 18.3 Å². The van der Waals surface area contributed by atoms with Crippen molar-refractivity contribution in [2.75, 3.05) is 5.32 Å². The molecule has 0 saturated carbocycles. The average Bonchev–Trinajstić information content (AvgIpc) is 2.75. The number of rotatable bonds is 2. The number of nitrogens with one attached hydrogen (secondary N) is 1. The summed E-state index contributed by atoms with van der Waals surface area (Å²) in [6.45, 7) is 1.75. The Kier molecular flexibility index (Phi) is 2.83. The number of amides is 1. The molecule has 0 unspecified atom stereocenters. The van der Waals surface area contributed by atoms with Gasteiger partial charge in [-0.2, -0.15) is 5.26 Å². The van der Waals surface area contributed by atoms with Gasteiger partial charge in [-0.05, 0) is 19.1 Å². The fraction of sp³-hybridized carbons (Fsp3) is 0.0909. The van der Waals surface area contributed by atoms with Gasteiger partial charge in [0.25, 0.3) is 5.91 Å². The SMILES string of the molecule is Cc1cc(NC(=O)c2ccc(C#N)cn2)on1. The third-order valence-electron chi connectivity index (χ3n) is 1.99. The van der Waals surface area contributed by atoms with E-state index in [-0.39, 0.29) is 11.6 Å². The molecular formula is C11H8N4O2. The average molecular weight is 228 g/mol. The second kappa shape index (κ2) is 4.45. The van der Waals surface area contributed by atoms with Crippen molar-refractivity contribution in [2.24, 2.45) is 0 Å². The van der Waals surface area contributed by atoms with Crippen LogP contribution in [-0.4, -0.2) is 16.0 Å². The fourth-order valence-electron chi connectivity index (χ4n) is 1.19. The van der Waals surface area contributed by atoms with E-state index in [0.717, 1.165) is 0 Å². The maximum atomic E-state index is 11.7. The van der Waals surface area contributed by atoms with Gasteiger partial charge in [0.15, 0.2) is 0 Å². The first kappa shape index (κ1) is 10.8. The van der Waals surface area contributed by atoms with Gasteiger partial charge >= 0.3 is 0 Å². The molecule has 0 radical (unpaired) electrons. The second-order valence-electron chi connectivity index (χ2n) is 3.33. The molecule has 2 aromatic heterocycles. The number of carbonyl (C=O) groups is 1. The molecule has 0 fully saturated rings. The lowest BCUT2D eigenvalue weighted by Gasteiger charge is -1.99. The first-order valence-electron chi connectivity index (χ1n) is 4.80. The quantitative estimate of drug-likeness (QED) is 0.840. The predicted octanol–water partition coefficient (Wildman–Crippen LogP) is 1.50. The summed E-state index contributed by atoms with van der Waals surface area (Å²) in [5.41, 5.74) is 1.28. The van der Waals surface area contributed by atoms with E-state index in [4.69, 9.17) is 9.78 Å². The van der Waals surface area contributed by atoms with Gasteiger partial charge in [0.05, 0.1) is 11.3 Å². The van der Waals surface area contributed by atoms with Gasteiger partial charge < -0.3 is 4.52 Å². The number of hydrogen-bond donors (Lipinski definition) is 1. The van der Waals surface area contributed by atoms with Gasteiger partial charge in [0.1, 0.15) is 11.8 Å². The number of pyridine rings is 1. The van der Waals surface area contributed by atoms with E-state index in [0.29, 0.717) is 11.3 Å². The Balaban J connectivity index is 2.12. The summed E-state index contributed by atoms with van der Waals surface area (Å²) in [6, 6.07) is 6.51. The third kappa shape index (κ3) is 2.46. The summed E-state index contributed by atoms with van der Waals surface area (Å²) >= 11 is 0. The Morgan fingerprint density at radius 3 is 2.88 bits per heavy atom. The van der Waals surface area contributed by atoms with Crippen molar-refractivity contribution in [3.05, 3.63) is 41.3 Å². The van der Waals surface area contributed by atoms with Crippen LogP contribution in [0.15, 0.2) is 28.9 Å². The van der Waals surface area contributed by atoms with Crippen molar-refractivity contribution in [1.29, 1.82) is 5.26 Å². The third-order valence-corrected chi connectivity index (χ3v) is 1.99. The van der Waals surface area contributed by atoms with Crippen molar-refractivity contribution in [3.8, 4) is 6.07 Å². The summed E-state index contributed by atoms with van der Waals surface area (Å²) in [5.74, 6) is -0.149. The number of nitrogens with zero attached hydrogens (tertiary/aromatic N) is 3. The highest BCUT2D eigenvalue weighted by atomic mass is 16.5. The highest BCUT2D eigenvalue weighted by molar-refractivity contribution is 6.02. The first-order chi connectivity index (χ1) is 8.19. The largest absolute Gasteiger partial charge is 0.338 e. The number of anilines is 1. The molecule has 84 valence electrons. The molecule has 0 saturated heterocycles. The fourth-order valence-corrected chi connectivity index (χ4v) is 1.19. The van der Waals surface area contributed by atoms with E-state index >= 15 is 0 Å². The zero-order chi connectivity index (χ0) is 12.3. The van der Waals surface area contributed by atoms with Crippen molar-refractivity contribution >= 4 is 11.8 Å². The minimum absolute atomic E-state index is 0.207. The van der Waals surface area contributed by atoms with E-state index in [1.165, 1.54) is 18.3 Å². The molecule has 1 N–H and O–H groups in total. The van der Waals surface area contributed by atoms with Crippen LogP contribution in [-0.2, 0) is 0 Å². The number of carbonyl (C=O) groups excluding carboxylic acids is 1. The Labute approximate surface area is 96.9 Å². The van der Waals surface area contributed by atoms with E-state index < -0.39 is 5.91 Å². The summed E-state index contributed by atoms with van der Waals surface area (Å²) in [5, 5.41) is 14.7. The summed E-state index contributed by atoms with van der Waals surface area (Å²) < 4.78 is 4.84. The van der Waals surface area contributed by atoms with Gasteiger partial charge in [-0.15, -0.1) is 0 Å². The van der Waals surface area contributed by atoms with Crippen LogP contribution in [0.25, 0.3) is 0 Å². The van der Waals surface area contributed by atoms with Crippen LogP contribution >= 0.6 is 0 Å². The number of aryl methyl sites for hydroxylation is 1. The van der Waals surface area contributed by atoms with Gasteiger partial charge in [-0.1, -0.05) is 5.16 Å². The van der Waals surface area contributed by atoms with Crippen LogP contribution in [0.4, 0.5) is 5.88 Å². The molecule has 0 bridgehead atoms. The predicted molar refractivity (Wildman–Crippen MR) is 58.1 cm³/mol. The minimum Gasteiger partial charge on any atom is -0.338 e. The molecule has 6 heteroatoms. The van der Waals surface area contributed by atoms with E-state index in [1.54, 1.807) is 13.0 Å². The molecule has 0 spiro atoms. The molecule has 0 atom stereocenters. The molecule has 6 nitrogen and oxygen atoms in total. The zero-order valence-corrected chi connectivity index (χ0v) is 8.97. The number of aromatic nitrogens is 2. The van der Waals surface area contributed by atoms with Gasteiger partial charge in [-0.3, -0.25) is 10.1 Å². The highest BCUT2D eigenvalue weighted by Crippen LogP contribution is 2.10. The smallest absolute Gasteiger partial charge is 0.276 e. The Bertz CT molecular complexity index is 580. The molecule has 0 aliphatic carbocycles. The zero-order valence-electron chi connectivity index (χ0n) is 8.97. The van der Waals surface area contributed by atoms with Crippen LogP contribution < -0.4 is 5.32 Å². The van der Waals surface area contributed by atoms with Crippen molar-refractivity contribution in [3.63, 3.8) is 0 Å². The molecular weight excluding hydrogens is 220 g/mol. The van der Waals surface area contributed by atoms with E-state index in [2.05, 4.69) is 15.5 Å². The second-order valence-corrected chi connectivity index (χ2v) is 3.33. The normalized spacial score (nSPS) is 9.65. The maximum absolute atomic E-state index is 11.7. The van der Waals surface area contributed by atoms with Crippen LogP contribution in [0.1, 0.15) is 21.7 Å². The van der Waals surface area contributed by atoms with Gasteiger partial charge in [-0.25, -0.2) is 4.98 Å². The topological polar surface area (TPSA) is 91.8 Å². The Morgan fingerprint density at radius 1 is 1.53 bits per heavy atom. The summed E-state index contributed by atoms with van der Waals surface area (Å²) in [4.78, 5) is 15.5. The summed E-state index contributed by atoms with van der Waals surface area (Å²) in [7, 11) is 0. The number of hydrogen-bond acceptors (Lipinski definition) is 5. The minimum atomic E-state index is -0.411. The monoisotopic (exact) mass is 228 g/mol. The lowest BCUT2D eigenvalue weighted by molar-refractivity contribution is 0.101. The first-order valence-corrected chi connectivity index (χ1v) is 4.80. The van der Waals surface area contributed by atoms with Crippen LogP contribution in [0.3, 0.4) is 0 Å². The van der Waals surface area contributed by atoms with Gasteiger partial charge in [0, 0.05) is 12.3 Å². The molecule has 2 aromatic rings. The molecule has 0 aliphatic rings.